The van der Waals surface area contributed by atoms with Gasteiger partial charge in [-0.2, -0.15) is 0 Å². The Morgan fingerprint density at radius 1 is 0.881 bits per heavy atom. The lowest BCUT2D eigenvalue weighted by atomic mass is 9.84. The van der Waals surface area contributed by atoms with E-state index in [1.54, 1.807) is 25.1 Å². The van der Waals surface area contributed by atoms with Gasteiger partial charge in [0.1, 0.15) is 15.5 Å². The highest BCUT2D eigenvalue weighted by Crippen LogP contribution is 2.77. The Labute approximate surface area is 279 Å². The Bertz CT molecular complexity index is 1620. The minimum Gasteiger partial charge on any atom is -0.426 e. The number of hydrogen-bond donors (Lipinski definition) is 0. The van der Waals surface area contributed by atoms with E-state index in [1.165, 1.54) is 23.1 Å². The van der Waals surface area contributed by atoms with Gasteiger partial charge in [-0.15, -0.1) is 23.2 Å². The van der Waals surface area contributed by atoms with Gasteiger partial charge in [0.15, 0.2) is 4.33 Å². The molecule has 2 saturated heterocycles. The number of anilines is 2. The predicted molar refractivity (Wildman–Crippen MR) is 164 cm³/mol. The van der Waals surface area contributed by atoms with Crippen LogP contribution in [-0.4, -0.2) is 44.3 Å². The summed E-state index contributed by atoms with van der Waals surface area (Å²) in [5, 5.41) is 0.120. The number of halogens is 8. The molecule has 1 saturated carbocycles. The maximum absolute atomic E-state index is 13.7. The first-order chi connectivity index (χ1) is 19.6. The van der Waals surface area contributed by atoms with Crippen LogP contribution in [0.4, 0.5) is 11.4 Å². The highest BCUT2D eigenvalue weighted by atomic mass is 35.5. The number of ether oxygens (including phenoxy) is 1. The number of carbonyl (C=O) groups is 4. The molecule has 0 spiro atoms. The first-order valence-electron chi connectivity index (χ1n) is 12.3. The number of alkyl halides is 4. The van der Waals surface area contributed by atoms with Crippen molar-refractivity contribution in [3.63, 3.8) is 0 Å². The number of amides is 3. The number of benzene rings is 2. The summed E-state index contributed by atoms with van der Waals surface area (Å²) in [6, 6.07) is 9.24. The molecule has 2 aliphatic carbocycles. The predicted octanol–water partition coefficient (Wildman–Crippen LogP) is 7.21. The van der Waals surface area contributed by atoms with Crippen molar-refractivity contribution in [1.29, 1.82) is 0 Å². The summed E-state index contributed by atoms with van der Waals surface area (Å²) in [7, 11) is 0. The SMILES string of the molecule is Cc1cc(OC(=O)[C@@H]2CC(=O)N(c3cccc(Cl)c3Cl)C2)ccc1N1C(=O)[C@@H]2[C@H](C1=O)[C@@]1(Cl)C(Cl)=C(Cl)[C@@]2(Cl)C1(Cl)Cl. The van der Waals surface area contributed by atoms with Crippen LogP contribution in [0.2, 0.25) is 10.0 Å². The number of aryl methyl sites for hydroxylation is 1. The van der Waals surface area contributed by atoms with E-state index in [4.69, 9.17) is 97.5 Å². The van der Waals surface area contributed by atoms with Crippen LogP contribution in [0.25, 0.3) is 0 Å². The minimum absolute atomic E-state index is 0.0521. The number of carbonyl (C=O) groups excluding carboxylic acids is 4. The third kappa shape index (κ3) is 3.81. The summed E-state index contributed by atoms with van der Waals surface area (Å²) in [5.74, 6) is -5.52. The fraction of sp³-hybridized carbons (Fsp3) is 0.333. The molecule has 2 aromatic carbocycles. The van der Waals surface area contributed by atoms with Crippen molar-refractivity contribution >= 4 is 128 Å². The summed E-state index contributed by atoms with van der Waals surface area (Å²) in [6.07, 6.45) is -0.0829. The summed E-state index contributed by atoms with van der Waals surface area (Å²) in [5.41, 5.74) is 1.03. The van der Waals surface area contributed by atoms with Gasteiger partial charge in [0.05, 0.1) is 49.2 Å². The van der Waals surface area contributed by atoms with E-state index in [-0.39, 0.29) is 50.4 Å². The third-order valence-corrected chi connectivity index (χ3v) is 13.3. The summed E-state index contributed by atoms with van der Waals surface area (Å²) in [4.78, 5) is 51.5. The van der Waals surface area contributed by atoms with E-state index in [0.717, 1.165) is 4.90 Å². The van der Waals surface area contributed by atoms with Crippen molar-refractivity contribution in [2.24, 2.45) is 17.8 Å². The standard InChI is InChI=1S/C27H16Cl8N2O5/c1-10-7-12(42-24(41)11-8-16(38)36(9-11)15-4-2-3-13(28)19(15)29)5-6-14(10)37-22(39)17-18(23(37)40)26(33)21(31)20(30)25(17,32)27(26,34)35/h2-7,11,17-18H,8-9H2,1H3/t11-,17-,18+,25-,26-/m1/s1. The zero-order valence-corrected chi connectivity index (χ0v) is 27.1. The number of nitrogens with zero attached hydrogens (tertiary/aromatic N) is 2. The van der Waals surface area contributed by atoms with Crippen molar-refractivity contribution in [2.75, 3.05) is 16.3 Å². The second-order valence-corrected chi connectivity index (χ2v) is 14.5. The van der Waals surface area contributed by atoms with Crippen molar-refractivity contribution in [3.8, 4) is 5.75 Å². The Morgan fingerprint density at radius 2 is 1.48 bits per heavy atom. The van der Waals surface area contributed by atoms with E-state index in [2.05, 4.69) is 0 Å². The van der Waals surface area contributed by atoms with Crippen LogP contribution in [0.3, 0.4) is 0 Å². The van der Waals surface area contributed by atoms with Crippen LogP contribution >= 0.6 is 92.8 Å². The average molecular weight is 732 g/mol. The highest BCUT2D eigenvalue weighted by molar-refractivity contribution is 6.67. The maximum atomic E-state index is 13.7. The first-order valence-corrected chi connectivity index (χ1v) is 15.4. The van der Waals surface area contributed by atoms with Crippen molar-refractivity contribution in [1.82, 2.24) is 0 Å². The minimum atomic E-state index is -2.04. The third-order valence-electron chi connectivity index (χ3n) is 8.22. The Balaban J connectivity index is 1.22. The van der Waals surface area contributed by atoms with Gasteiger partial charge in [0, 0.05) is 13.0 Å². The van der Waals surface area contributed by atoms with Gasteiger partial charge in [-0.25, -0.2) is 4.90 Å². The molecular weight excluding hydrogens is 716 g/mol. The zero-order valence-electron chi connectivity index (χ0n) is 21.1. The van der Waals surface area contributed by atoms with Gasteiger partial charge in [-0.1, -0.05) is 75.7 Å². The second kappa shape index (κ2) is 10.0. The molecule has 4 aliphatic rings. The molecule has 15 heteroatoms. The first kappa shape index (κ1) is 30.6. The molecule has 2 aromatic rings. The van der Waals surface area contributed by atoms with Crippen molar-refractivity contribution < 1.29 is 23.9 Å². The van der Waals surface area contributed by atoms with Gasteiger partial charge >= 0.3 is 5.97 Å². The van der Waals surface area contributed by atoms with Crippen LogP contribution in [-0.2, 0) is 19.2 Å². The van der Waals surface area contributed by atoms with Crippen LogP contribution in [0.1, 0.15) is 12.0 Å². The largest absolute Gasteiger partial charge is 0.426 e. The lowest BCUT2D eigenvalue weighted by molar-refractivity contribution is -0.139. The van der Waals surface area contributed by atoms with E-state index in [1.807, 2.05) is 0 Å². The molecule has 3 amide bonds. The highest BCUT2D eigenvalue weighted by Gasteiger charge is 2.87. The van der Waals surface area contributed by atoms with Crippen LogP contribution < -0.4 is 14.5 Å². The van der Waals surface area contributed by atoms with Crippen LogP contribution in [0.5, 0.6) is 5.75 Å². The molecule has 2 heterocycles. The zero-order chi connectivity index (χ0) is 30.7. The molecule has 0 unspecified atom stereocenters. The van der Waals surface area contributed by atoms with Crippen molar-refractivity contribution in [2.45, 2.75) is 27.4 Å². The van der Waals surface area contributed by atoms with Gasteiger partial charge in [-0.05, 0) is 42.8 Å². The molecule has 2 aliphatic heterocycles. The topological polar surface area (TPSA) is 84.0 Å². The fourth-order valence-corrected chi connectivity index (χ4v) is 9.50. The molecule has 0 radical (unpaired) electrons. The lowest BCUT2D eigenvalue weighted by Crippen LogP contribution is -2.50. The quantitative estimate of drug-likeness (QED) is 0.144. The number of hydrogen-bond acceptors (Lipinski definition) is 5. The number of esters is 1. The maximum Gasteiger partial charge on any atom is 0.316 e. The average Bonchev–Trinajstić information content (AvgIpc) is 3.51. The van der Waals surface area contributed by atoms with E-state index in [9.17, 15) is 19.2 Å². The summed E-state index contributed by atoms with van der Waals surface area (Å²) in [6.45, 7) is 1.67. The van der Waals surface area contributed by atoms with Crippen LogP contribution in [0, 0.1) is 24.7 Å². The molecule has 0 aromatic heterocycles. The van der Waals surface area contributed by atoms with Gasteiger partial charge < -0.3 is 9.64 Å². The van der Waals surface area contributed by atoms with Gasteiger partial charge in [0.25, 0.3) is 0 Å². The monoisotopic (exact) mass is 728 g/mol. The van der Waals surface area contributed by atoms with Gasteiger partial charge in [-0.3, -0.25) is 19.2 Å². The Kier molecular flexibility index (Phi) is 7.32. The number of imide groups is 1. The second-order valence-electron chi connectivity index (χ2n) is 10.4. The van der Waals surface area contributed by atoms with Crippen molar-refractivity contribution in [3.05, 3.63) is 62.1 Å². The smallest absolute Gasteiger partial charge is 0.316 e. The molecule has 42 heavy (non-hydrogen) atoms. The number of allylic oxidation sites excluding steroid dienone is 2. The Hall–Kier alpha value is -1.42. The van der Waals surface area contributed by atoms with Crippen LogP contribution in [0.15, 0.2) is 46.5 Å². The molecule has 6 rings (SSSR count). The van der Waals surface area contributed by atoms with E-state index in [0.29, 0.717) is 11.3 Å². The van der Waals surface area contributed by atoms with E-state index >= 15 is 0 Å². The lowest BCUT2D eigenvalue weighted by Gasteiger charge is -2.34. The molecule has 7 nitrogen and oxygen atoms in total. The van der Waals surface area contributed by atoms with Gasteiger partial charge in [0.2, 0.25) is 17.7 Å². The molecule has 0 N–H and O–H groups in total. The number of fused-ring (bicyclic) bond motifs is 5. The molecule has 220 valence electrons. The normalized spacial score (nSPS) is 31.5. The summed E-state index contributed by atoms with van der Waals surface area (Å²) < 4.78 is 3.52. The summed E-state index contributed by atoms with van der Waals surface area (Å²) >= 11 is 51.7. The Morgan fingerprint density at radius 3 is 2.05 bits per heavy atom. The molecule has 5 atom stereocenters. The molecule has 2 bridgehead atoms. The number of rotatable bonds is 4. The molecular formula is C27H16Cl8N2O5. The molecule has 3 fully saturated rings. The fourth-order valence-electron chi connectivity index (χ4n) is 6.17. The van der Waals surface area contributed by atoms with E-state index < -0.39 is 49.6 Å².